The van der Waals surface area contributed by atoms with Gasteiger partial charge in [0.15, 0.2) is 0 Å². The first kappa shape index (κ1) is 9.15. The van der Waals surface area contributed by atoms with Crippen molar-refractivity contribution in [3.63, 3.8) is 0 Å². The molecule has 3 aromatic rings. The summed E-state index contributed by atoms with van der Waals surface area (Å²) in [6.07, 6.45) is 7.76. The van der Waals surface area contributed by atoms with Crippen LogP contribution in [0.2, 0.25) is 0 Å². The highest BCUT2D eigenvalue weighted by molar-refractivity contribution is 5.65. The molecule has 3 rings (SSSR count). The number of aromatic nitrogens is 4. The summed E-state index contributed by atoms with van der Waals surface area (Å²) >= 11 is 0. The average Bonchev–Trinajstić information content (AvgIpc) is 2.86. The summed E-state index contributed by atoms with van der Waals surface area (Å²) in [5, 5.41) is 8.47. The fraction of sp³-hybridized carbons (Fsp3) is 0.167. The van der Waals surface area contributed by atoms with Gasteiger partial charge >= 0.3 is 0 Å². The lowest BCUT2D eigenvalue weighted by molar-refractivity contribution is 0.768. The summed E-state index contributed by atoms with van der Waals surface area (Å²) in [5.74, 6) is 0. The Hall–Kier alpha value is -2.10. The van der Waals surface area contributed by atoms with Crippen LogP contribution in [0.3, 0.4) is 0 Å². The third kappa shape index (κ3) is 1.31. The second-order valence-corrected chi connectivity index (χ2v) is 3.98. The van der Waals surface area contributed by atoms with E-state index in [4.69, 9.17) is 0 Å². The third-order valence-electron chi connectivity index (χ3n) is 2.75. The van der Waals surface area contributed by atoms with Crippen molar-refractivity contribution in [1.29, 1.82) is 0 Å². The highest BCUT2D eigenvalue weighted by atomic mass is 15.2. The average molecular weight is 212 g/mol. The molecule has 3 heterocycles. The molecular weight excluding hydrogens is 200 g/mol. The van der Waals surface area contributed by atoms with Gasteiger partial charge in [0, 0.05) is 30.6 Å². The van der Waals surface area contributed by atoms with Crippen LogP contribution in [0.1, 0.15) is 5.56 Å². The second kappa shape index (κ2) is 3.20. The molecule has 0 radical (unpaired) electrons. The predicted octanol–water partition coefficient (Wildman–Crippen LogP) is 2.04. The molecule has 0 saturated heterocycles. The van der Waals surface area contributed by atoms with Crippen molar-refractivity contribution in [2.24, 2.45) is 7.05 Å². The highest BCUT2D eigenvalue weighted by Crippen LogP contribution is 2.20. The zero-order valence-electron chi connectivity index (χ0n) is 9.25. The van der Waals surface area contributed by atoms with Crippen LogP contribution in [0, 0.1) is 6.92 Å². The molecule has 80 valence electrons. The zero-order chi connectivity index (χ0) is 11.1. The minimum absolute atomic E-state index is 1.11. The lowest BCUT2D eigenvalue weighted by Crippen LogP contribution is -1.88. The third-order valence-corrected chi connectivity index (χ3v) is 2.75. The molecule has 0 aliphatic carbocycles. The van der Waals surface area contributed by atoms with Crippen molar-refractivity contribution in [2.45, 2.75) is 6.92 Å². The van der Waals surface area contributed by atoms with E-state index in [1.165, 1.54) is 5.56 Å². The lowest BCUT2D eigenvalue weighted by atomic mass is 10.1. The normalized spacial score (nSPS) is 11.1. The lowest BCUT2D eigenvalue weighted by Gasteiger charge is -1.99. The largest absolute Gasteiger partial charge is 0.275 e. The van der Waals surface area contributed by atoms with E-state index in [0.717, 1.165) is 16.6 Å². The molecule has 0 saturated carbocycles. The van der Waals surface area contributed by atoms with Gasteiger partial charge in [-0.2, -0.15) is 10.2 Å². The summed E-state index contributed by atoms with van der Waals surface area (Å²) in [6, 6.07) is 4.19. The molecule has 0 amide bonds. The van der Waals surface area contributed by atoms with E-state index in [-0.39, 0.29) is 0 Å². The zero-order valence-corrected chi connectivity index (χ0v) is 9.25. The molecule has 0 spiro atoms. The Morgan fingerprint density at radius 3 is 2.62 bits per heavy atom. The van der Waals surface area contributed by atoms with Gasteiger partial charge in [-0.15, -0.1) is 0 Å². The first-order valence-electron chi connectivity index (χ1n) is 5.17. The van der Waals surface area contributed by atoms with E-state index in [1.54, 1.807) is 4.68 Å². The van der Waals surface area contributed by atoms with Gasteiger partial charge in [0.2, 0.25) is 0 Å². The molecule has 0 atom stereocenters. The number of rotatable bonds is 1. The van der Waals surface area contributed by atoms with E-state index >= 15 is 0 Å². The molecule has 0 aliphatic heterocycles. The van der Waals surface area contributed by atoms with Gasteiger partial charge < -0.3 is 0 Å². The Kier molecular flexibility index (Phi) is 1.83. The molecule has 0 unspecified atom stereocenters. The Bertz CT molecular complexity index is 648. The van der Waals surface area contributed by atoms with Crippen LogP contribution < -0.4 is 0 Å². The number of pyridine rings is 1. The Labute approximate surface area is 93.1 Å². The van der Waals surface area contributed by atoms with Gasteiger partial charge in [-0.1, -0.05) is 6.07 Å². The van der Waals surface area contributed by atoms with E-state index in [0.29, 0.717) is 0 Å². The molecule has 0 aliphatic rings. The standard InChI is InChI=1S/C12H12N4/c1-9-5-14-16-8-10(3-4-12(9)16)11-6-13-15(2)7-11/h3-8H,1-2H3. The van der Waals surface area contributed by atoms with E-state index in [9.17, 15) is 0 Å². The Balaban J connectivity index is 2.18. The van der Waals surface area contributed by atoms with Gasteiger partial charge in [0.25, 0.3) is 0 Å². The van der Waals surface area contributed by atoms with Gasteiger partial charge in [-0.25, -0.2) is 4.52 Å². The van der Waals surface area contributed by atoms with Gasteiger partial charge in [-0.05, 0) is 18.6 Å². The van der Waals surface area contributed by atoms with Crippen LogP contribution in [-0.2, 0) is 7.05 Å². The van der Waals surface area contributed by atoms with Crippen molar-refractivity contribution in [2.75, 3.05) is 0 Å². The van der Waals surface area contributed by atoms with Crippen molar-refractivity contribution < 1.29 is 0 Å². The SMILES string of the molecule is Cc1cnn2cc(-c3cnn(C)c3)ccc12. The van der Waals surface area contributed by atoms with Gasteiger partial charge in [-0.3, -0.25) is 4.68 Å². The number of fused-ring (bicyclic) bond motifs is 1. The number of nitrogens with zero attached hydrogens (tertiary/aromatic N) is 4. The van der Waals surface area contributed by atoms with Crippen molar-refractivity contribution in [3.8, 4) is 11.1 Å². The maximum atomic E-state index is 4.30. The summed E-state index contributed by atoms with van der Waals surface area (Å²) in [7, 11) is 1.92. The maximum Gasteiger partial charge on any atom is 0.0691 e. The van der Waals surface area contributed by atoms with Gasteiger partial charge in [0.1, 0.15) is 0 Å². The smallest absolute Gasteiger partial charge is 0.0691 e. The molecule has 16 heavy (non-hydrogen) atoms. The fourth-order valence-corrected chi connectivity index (χ4v) is 1.85. The molecule has 0 aromatic carbocycles. The summed E-state index contributed by atoms with van der Waals surface area (Å²) < 4.78 is 3.70. The first-order chi connectivity index (χ1) is 7.74. The molecule has 0 fully saturated rings. The van der Waals surface area contributed by atoms with Crippen molar-refractivity contribution in [1.82, 2.24) is 19.4 Å². The Morgan fingerprint density at radius 2 is 1.88 bits per heavy atom. The van der Waals surface area contributed by atoms with Crippen LogP contribution >= 0.6 is 0 Å². The topological polar surface area (TPSA) is 35.1 Å². The minimum atomic E-state index is 1.11. The van der Waals surface area contributed by atoms with Crippen LogP contribution in [0.15, 0.2) is 36.9 Å². The molecular formula is C12H12N4. The van der Waals surface area contributed by atoms with Crippen LogP contribution in [0.25, 0.3) is 16.6 Å². The summed E-state index contributed by atoms with van der Waals surface area (Å²) in [6.45, 7) is 2.06. The number of hydrogen-bond donors (Lipinski definition) is 0. The van der Waals surface area contributed by atoms with Crippen LogP contribution in [0.4, 0.5) is 0 Å². The molecule has 4 heteroatoms. The van der Waals surface area contributed by atoms with E-state index in [1.807, 2.05) is 36.4 Å². The maximum absolute atomic E-state index is 4.30. The van der Waals surface area contributed by atoms with Gasteiger partial charge in [0.05, 0.1) is 17.9 Å². The number of aryl methyl sites for hydroxylation is 2. The quantitative estimate of drug-likeness (QED) is 0.618. The Morgan fingerprint density at radius 1 is 1.00 bits per heavy atom. The summed E-state index contributed by atoms with van der Waals surface area (Å²) in [4.78, 5) is 0. The summed E-state index contributed by atoms with van der Waals surface area (Å²) in [5.41, 5.74) is 4.58. The van der Waals surface area contributed by atoms with E-state index < -0.39 is 0 Å². The minimum Gasteiger partial charge on any atom is -0.275 e. The fourth-order valence-electron chi connectivity index (χ4n) is 1.85. The van der Waals surface area contributed by atoms with Crippen molar-refractivity contribution >= 4 is 5.52 Å². The van der Waals surface area contributed by atoms with E-state index in [2.05, 4.69) is 29.3 Å². The molecule has 0 N–H and O–H groups in total. The second-order valence-electron chi connectivity index (χ2n) is 3.98. The monoisotopic (exact) mass is 212 g/mol. The highest BCUT2D eigenvalue weighted by Gasteiger charge is 2.03. The first-order valence-corrected chi connectivity index (χ1v) is 5.17. The molecule has 0 bridgehead atoms. The molecule has 4 nitrogen and oxygen atoms in total. The number of hydrogen-bond acceptors (Lipinski definition) is 2. The van der Waals surface area contributed by atoms with Crippen LogP contribution in [0.5, 0.6) is 0 Å². The van der Waals surface area contributed by atoms with Crippen LogP contribution in [-0.4, -0.2) is 19.4 Å². The van der Waals surface area contributed by atoms with Crippen molar-refractivity contribution in [3.05, 3.63) is 42.5 Å². The predicted molar refractivity (Wildman–Crippen MR) is 62.1 cm³/mol. The molecule has 3 aromatic heterocycles.